The Labute approximate surface area is 108 Å². The third kappa shape index (κ3) is 2.39. The molecule has 2 rings (SSSR count). The Bertz CT molecular complexity index is 574. The van der Waals surface area contributed by atoms with Crippen LogP contribution in [0.25, 0.3) is 10.8 Å². The predicted molar refractivity (Wildman–Crippen MR) is 76.9 cm³/mol. The molecule has 0 radical (unpaired) electrons. The minimum absolute atomic E-state index is 0.0155. The normalized spacial score (nSPS) is 12.4. The molecule has 0 saturated heterocycles. The van der Waals surface area contributed by atoms with E-state index in [1.165, 1.54) is 0 Å². The first-order chi connectivity index (χ1) is 8.63. The molecule has 1 atom stereocenters. The average Bonchev–Trinajstić information content (AvgIpc) is 2.36. The summed E-state index contributed by atoms with van der Waals surface area (Å²) in [5, 5.41) is 2.26. The van der Waals surface area contributed by atoms with Crippen molar-refractivity contribution in [1.29, 1.82) is 0 Å². The maximum atomic E-state index is 6.25. The van der Waals surface area contributed by atoms with E-state index in [0.29, 0.717) is 0 Å². The Kier molecular flexibility index (Phi) is 3.68. The molecule has 0 unspecified atom stereocenters. The van der Waals surface area contributed by atoms with E-state index in [9.17, 15) is 0 Å². The highest BCUT2D eigenvalue weighted by Gasteiger charge is 2.12. The van der Waals surface area contributed by atoms with E-state index in [1.54, 1.807) is 7.11 Å². The van der Waals surface area contributed by atoms with E-state index in [2.05, 4.69) is 24.8 Å². The van der Waals surface area contributed by atoms with Gasteiger partial charge in [-0.05, 0) is 30.4 Å². The zero-order valence-corrected chi connectivity index (χ0v) is 10.9. The zero-order chi connectivity index (χ0) is 13.1. The highest BCUT2D eigenvalue weighted by Crippen LogP contribution is 2.32. The first-order valence-electron chi connectivity index (χ1n) is 6.09. The molecular formula is C16H19NO. The lowest BCUT2D eigenvalue weighted by Gasteiger charge is -2.16. The molecule has 0 fully saturated rings. The van der Waals surface area contributed by atoms with Gasteiger partial charge in [0, 0.05) is 11.4 Å². The molecule has 94 valence electrons. The maximum absolute atomic E-state index is 6.25. The van der Waals surface area contributed by atoms with Gasteiger partial charge in [0.25, 0.3) is 0 Å². The number of nitrogens with two attached hydrogens (primary N) is 1. The van der Waals surface area contributed by atoms with Crippen molar-refractivity contribution in [2.24, 2.45) is 5.73 Å². The number of fused-ring (bicyclic) bond motifs is 1. The quantitative estimate of drug-likeness (QED) is 0.826. The summed E-state index contributed by atoms with van der Waals surface area (Å²) < 4.78 is 5.38. The fourth-order valence-corrected chi connectivity index (χ4v) is 2.28. The van der Waals surface area contributed by atoms with E-state index in [-0.39, 0.29) is 6.04 Å². The van der Waals surface area contributed by atoms with Gasteiger partial charge in [-0.3, -0.25) is 0 Å². The molecule has 18 heavy (non-hydrogen) atoms. The molecule has 2 aromatic carbocycles. The topological polar surface area (TPSA) is 35.2 Å². The summed E-state index contributed by atoms with van der Waals surface area (Å²) >= 11 is 0. The highest BCUT2D eigenvalue weighted by atomic mass is 16.5. The molecule has 2 aromatic rings. The molecule has 0 aromatic heterocycles. The monoisotopic (exact) mass is 241 g/mol. The second kappa shape index (κ2) is 5.23. The molecule has 2 nitrogen and oxygen atoms in total. The van der Waals surface area contributed by atoms with Crippen LogP contribution < -0.4 is 10.5 Å². The van der Waals surface area contributed by atoms with Gasteiger partial charge in [0.05, 0.1) is 7.11 Å². The van der Waals surface area contributed by atoms with Gasteiger partial charge in [0.2, 0.25) is 0 Å². The van der Waals surface area contributed by atoms with Gasteiger partial charge in [-0.2, -0.15) is 0 Å². The van der Waals surface area contributed by atoms with Crippen molar-refractivity contribution in [2.75, 3.05) is 7.11 Å². The summed E-state index contributed by atoms with van der Waals surface area (Å²) in [5.41, 5.74) is 8.50. The predicted octanol–water partition coefficient (Wildman–Crippen LogP) is 3.81. The minimum Gasteiger partial charge on any atom is -0.496 e. The minimum atomic E-state index is -0.0155. The van der Waals surface area contributed by atoms with Crippen molar-refractivity contribution < 1.29 is 4.74 Å². The first kappa shape index (κ1) is 12.7. The van der Waals surface area contributed by atoms with E-state index in [4.69, 9.17) is 10.5 Å². The van der Waals surface area contributed by atoms with Crippen LogP contribution in [0.1, 0.15) is 24.9 Å². The molecule has 0 aliphatic heterocycles. The molecule has 0 saturated carbocycles. The lowest BCUT2D eigenvalue weighted by Crippen LogP contribution is -2.11. The van der Waals surface area contributed by atoms with Crippen molar-refractivity contribution in [1.82, 2.24) is 0 Å². The van der Waals surface area contributed by atoms with Crippen LogP contribution in [0.15, 0.2) is 48.6 Å². The Morgan fingerprint density at radius 1 is 1.22 bits per heavy atom. The van der Waals surface area contributed by atoms with Crippen LogP contribution in [0.5, 0.6) is 5.75 Å². The Hall–Kier alpha value is -1.80. The van der Waals surface area contributed by atoms with Crippen LogP contribution in [0, 0.1) is 0 Å². The van der Waals surface area contributed by atoms with Gasteiger partial charge < -0.3 is 10.5 Å². The summed E-state index contributed by atoms with van der Waals surface area (Å²) in [5.74, 6) is 0.886. The smallest absolute Gasteiger partial charge is 0.126 e. The summed E-state index contributed by atoms with van der Waals surface area (Å²) in [6, 6.07) is 12.2. The van der Waals surface area contributed by atoms with Crippen molar-refractivity contribution in [2.45, 2.75) is 19.4 Å². The molecule has 0 aliphatic carbocycles. The third-order valence-electron chi connectivity index (χ3n) is 3.11. The molecule has 2 N–H and O–H groups in total. The lowest BCUT2D eigenvalue weighted by molar-refractivity contribution is 0.419. The summed E-state index contributed by atoms with van der Waals surface area (Å²) in [6.07, 6.45) is 0.802. The fraction of sp³-hybridized carbons (Fsp3) is 0.250. The SMILES string of the molecule is C=C(C)C[C@H](N)c1ccc(OC)c2ccccc12. The second-order valence-corrected chi connectivity index (χ2v) is 4.67. The molecular weight excluding hydrogens is 222 g/mol. The Balaban J connectivity index is 2.55. The number of methoxy groups -OCH3 is 1. The molecule has 2 heteroatoms. The van der Waals surface area contributed by atoms with Gasteiger partial charge in [-0.25, -0.2) is 0 Å². The number of rotatable bonds is 4. The largest absolute Gasteiger partial charge is 0.496 e. The van der Waals surface area contributed by atoms with Crippen LogP contribution >= 0.6 is 0 Å². The van der Waals surface area contributed by atoms with Crippen LogP contribution in [0.3, 0.4) is 0 Å². The third-order valence-corrected chi connectivity index (χ3v) is 3.11. The number of ether oxygens (including phenoxy) is 1. The van der Waals surface area contributed by atoms with Gasteiger partial charge in [0.15, 0.2) is 0 Å². The van der Waals surface area contributed by atoms with Gasteiger partial charge in [0.1, 0.15) is 5.75 Å². The average molecular weight is 241 g/mol. The Morgan fingerprint density at radius 2 is 1.89 bits per heavy atom. The summed E-state index contributed by atoms with van der Waals surface area (Å²) in [4.78, 5) is 0. The van der Waals surface area contributed by atoms with Crippen LogP contribution in [0.2, 0.25) is 0 Å². The molecule has 0 amide bonds. The maximum Gasteiger partial charge on any atom is 0.126 e. The van der Waals surface area contributed by atoms with Gasteiger partial charge in [-0.1, -0.05) is 35.9 Å². The molecule has 0 heterocycles. The highest BCUT2D eigenvalue weighted by molar-refractivity contribution is 5.91. The van der Waals surface area contributed by atoms with Gasteiger partial charge in [-0.15, -0.1) is 6.58 Å². The first-order valence-corrected chi connectivity index (χ1v) is 6.09. The molecule has 0 spiro atoms. The van der Waals surface area contributed by atoms with Crippen molar-refractivity contribution in [3.8, 4) is 5.75 Å². The van der Waals surface area contributed by atoms with E-state index in [0.717, 1.165) is 34.1 Å². The lowest BCUT2D eigenvalue weighted by atomic mass is 9.95. The molecule has 0 bridgehead atoms. The van der Waals surface area contributed by atoms with Crippen LogP contribution in [-0.2, 0) is 0 Å². The summed E-state index contributed by atoms with van der Waals surface area (Å²) in [6.45, 7) is 5.94. The van der Waals surface area contributed by atoms with Crippen molar-refractivity contribution >= 4 is 10.8 Å². The van der Waals surface area contributed by atoms with E-state index < -0.39 is 0 Å². The number of hydrogen-bond donors (Lipinski definition) is 1. The fourth-order valence-electron chi connectivity index (χ4n) is 2.28. The van der Waals surface area contributed by atoms with Gasteiger partial charge >= 0.3 is 0 Å². The van der Waals surface area contributed by atoms with Crippen molar-refractivity contribution in [3.05, 3.63) is 54.1 Å². The van der Waals surface area contributed by atoms with E-state index >= 15 is 0 Å². The standard InChI is InChI=1S/C16H19NO/c1-11(2)10-15(17)13-8-9-16(18-3)14-7-5-4-6-12(13)14/h4-9,15H,1,10,17H2,2-3H3/t15-/m0/s1. The number of hydrogen-bond acceptors (Lipinski definition) is 2. The van der Waals surface area contributed by atoms with Crippen LogP contribution in [0.4, 0.5) is 0 Å². The van der Waals surface area contributed by atoms with Crippen molar-refractivity contribution in [3.63, 3.8) is 0 Å². The second-order valence-electron chi connectivity index (χ2n) is 4.67. The zero-order valence-electron chi connectivity index (χ0n) is 10.9. The number of benzene rings is 2. The summed E-state index contributed by atoms with van der Waals surface area (Å²) in [7, 11) is 1.69. The molecule has 0 aliphatic rings. The Morgan fingerprint density at radius 3 is 2.50 bits per heavy atom. The van der Waals surface area contributed by atoms with Crippen LogP contribution in [-0.4, -0.2) is 7.11 Å². The van der Waals surface area contributed by atoms with E-state index in [1.807, 2.05) is 25.1 Å².